The number of hydrogen-bond acceptors (Lipinski definition) is 1. The summed E-state index contributed by atoms with van der Waals surface area (Å²) in [4.78, 5) is 0. The summed E-state index contributed by atoms with van der Waals surface area (Å²) >= 11 is 0. The van der Waals surface area contributed by atoms with Crippen LogP contribution >= 0.6 is 0 Å². The van der Waals surface area contributed by atoms with Gasteiger partial charge in [0.25, 0.3) is 0 Å². The molecule has 0 amide bonds. The van der Waals surface area contributed by atoms with Crippen LogP contribution in [0.3, 0.4) is 0 Å². The van der Waals surface area contributed by atoms with E-state index in [2.05, 4.69) is 159 Å². The third-order valence-corrected chi connectivity index (χ3v) is 10.4. The first kappa shape index (κ1) is 25.6. The molecule has 0 radical (unpaired) electrons. The second kappa shape index (κ2) is 9.19. The fraction of sp³-hybridized carbons (Fsp3) is 0.0667. The summed E-state index contributed by atoms with van der Waals surface area (Å²) in [7, 11) is 0. The summed E-state index contributed by atoms with van der Waals surface area (Å²) in [5.41, 5.74) is 12.0. The Balaban J connectivity index is 1.24. The highest BCUT2D eigenvalue weighted by Gasteiger charge is 2.38. The average molecular weight is 587 g/mol. The molecule has 0 aliphatic heterocycles. The molecular formula is C45H30O. The fourth-order valence-electron chi connectivity index (χ4n) is 8.25. The molecule has 216 valence electrons. The minimum atomic E-state index is -0.162. The van der Waals surface area contributed by atoms with E-state index >= 15 is 0 Å². The standard InChI is InChI=1S/C45H30O/c1-45(2)38-24-23-36-31-13-9-10-18-40(31)46-44(36)43(38)37-22-21-30(26-39(37)45)42-34-16-7-5-14-32(34)41(33-15-6-8-17-35(33)42)29-20-19-27-11-3-4-12-28(27)25-29/h3-26H,1-2H3. The third kappa shape index (κ3) is 3.40. The van der Waals surface area contributed by atoms with E-state index in [0.717, 1.165) is 11.2 Å². The Kier molecular flexibility index (Phi) is 5.12. The number of benzene rings is 8. The van der Waals surface area contributed by atoms with Gasteiger partial charge in [0.15, 0.2) is 0 Å². The molecule has 0 bridgehead atoms. The normalized spacial score (nSPS) is 13.6. The van der Waals surface area contributed by atoms with Crippen LogP contribution in [0.4, 0.5) is 0 Å². The van der Waals surface area contributed by atoms with Crippen LogP contribution in [-0.2, 0) is 5.41 Å². The zero-order chi connectivity index (χ0) is 30.6. The monoisotopic (exact) mass is 586 g/mol. The van der Waals surface area contributed by atoms with Crippen molar-refractivity contribution in [3.8, 4) is 33.4 Å². The second-order valence-electron chi connectivity index (χ2n) is 13.3. The predicted molar refractivity (Wildman–Crippen MR) is 195 cm³/mol. The Morgan fingerprint density at radius 1 is 0.413 bits per heavy atom. The lowest BCUT2D eigenvalue weighted by atomic mass is 9.80. The summed E-state index contributed by atoms with van der Waals surface area (Å²) < 4.78 is 6.56. The molecule has 1 aliphatic rings. The van der Waals surface area contributed by atoms with Crippen LogP contribution in [0.1, 0.15) is 25.0 Å². The molecule has 0 spiro atoms. The van der Waals surface area contributed by atoms with E-state index in [0.29, 0.717) is 0 Å². The first-order chi connectivity index (χ1) is 22.6. The Hall–Kier alpha value is -5.66. The van der Waals surface area contributed by atoms with Crippen molar-refractivity contribution in [3.63, 3.8) is 0 Å². The lowest BCUT2D eigenvalue weighted by molar-refractivity contribution is 0.653. The van der Waals surface area contributed by atoms with E-state index < -0.39 is 0 Å². The molecule has 0 fully saturated rings. The topological polar surface area (TPSA) is 13.1 Å². The maximum absolute atomic E-state index is 6.56. The number of rotatable bonds is 2. The van der Waals surface area contributed by atoms with Crippen LogP contribution in [0.5, 0.6) is 0 Å². The van der Waals surface area contributed by atoms with Gasteiger partial charge >= 0.3 is 0 Å². The van der Waals surface area contributed by atoms with Crippen molar-refractivity contribution in [3.05, 3.63) is 157 Å². The smallest absolute Gasteiger partial charge is 0.143 e. The van der Waals surface area contributed by atoms with Crippen LogP contribution in [-0.4, -0.2) is 0 Å². The van der Waals surface area contributed by atoms with Gasteiger partial charge in [-0.2, -0.15) is 0 Å². The highest BCUT2D eigenvalue weighted by atomic mass is 16.3. The quantitative estimate of drug-likeness (QED) is 0.184. The summed E-state index contributed by atoms with van der Waals surface area (Å²) in [6, 6.07) is 53.5. The number of furan rings is 1. The zero-order valence-corrected chi connectivity index (χ0v) is 25.8. The molecule has 9 aromatic rings. The van der Waals surface area contributed by atoms with E-state index in [1.165, 1.54) is 87.6 Å². The average Bonchev–Trinajstić information content (AvgIpc) is 3.59. The number of para-hydroxylation sites is 1. The fourth-order valence-corrected chi connectivity index (χ4v) is 8.25. The molecule has 1 heterocycles. The Labute approximate surface area is 267 Å². The van der Waals surface area contributed by atoms with Crippen molar-refractivity contribution in [2.75, 3.05) is 0 Å². The first-order valence-corrected chi connectivity index (χ1v) is 16.1. The van der Waals surface area contributed by atoms with Crippen LogP contribution in [0.15, 0.2) is 150 Å². The van der Waals surface area contributed by atoms with Gasteiger partial charge in [-0.3, -0.25) is 0 Å². The first-order valence-electron chi connectivity index (χ1n) is 16.1. The third-order valence-electron chi connectivity index (χ3n) is 10.4. The van der Waals surface area contributed by atoms with Crippen molar-refractivity contribution in [2.24, 2.45) is 0 Å². The minimum Gasteiger partial charge on any atom is -0.455 e. The molecule has 1 heteroatoms. The summed E-state index contributed by atoms with van der Waals surface area (Å²) in [6.45, 7) is 4.71. The van der Waals surface area contributed by atoms with E-state index in [9.17, 15) is 0 Å². The van der Waals surface area contributed by atoms with Crippen molar-refractivity contribution in [2.45, 2.75) is 19.3 Å². The zero-order valence-electron chi connectivity index (χ0n) is 25.8. The molecule has 8 aromatic carbocycles. The highest BCUT2D eigenvalue weighted by molar-refractivity contribution is 6.22. The maximum atomic E-state index is 6.56. The van der Waals surface area contributed by atoms with Gasteiger partial charge in [0.05, 0.1) is 0 Å². The summed E-state index contributed by atoms with van der Waals surface area (Å²) in [5, 5.41) is 9.98. The van der Waals surface area contributed by atoms with Gasteiger partial charge in [-0.05, 0) is 89.5 Å². The second-order valence-corrected chi connectivity index (χ2v) is 13.3. The molecule has 1 nitrogen and oxygen atoms in total. The number of hydrogen-bond donors (Lipinski definition) is 0. The molecule has 46 heavy (non-hydrogen) atoms. The molecule has 0 N–H and O–H groups in total. The summed E-state index contributed by atoms with van der Waals surface area (Å²) in [5.74, 6) is 0. The van der Waals surface area contributed by atoms with Crippen molar-refractivity contribution in [1.82, 2.24) is 0 Å². The van der Waals surface area contributed by atoms with E-state index in [-0.39, 0.29) is 5.41 Å². The lowest BCUT2D eigenvalue weighted by Gasteiger charge is -2.23. The minimum absolute atomic E-state index is 0.162. The van der Waals surface area contributed by atoms with Crippen molar-refractivity contribution < 1.29 is 4.42 Å². The molecule has 0 atom stereocenters. The van der Waals surface area contributed by atoms with Crippen LogP contribution in [0.25, 0.3) is 87.6 Å². The van der Waals surface area contributed by atoms with Crippen molar-refractivity contribution in [1.29, 1.82) is 0 Å². The van der Waals surface area contributed by atoms with Crippen LogP contribution in [0.2, 0.25) is 0 Å². The molecule has 0 saturated carbocycles. The molecule has 0 saturated heterocycles. The van der Waals surface area contributed by atoms with E-state index in [1.54, 1.807) is 0 Å². The van der Waals surface area contributed by atoms with Gasteiger partial charge in [-0.25, -0.2) is 0 Å². The Morgan fingerprint density at radius 3 is 1.67 bits per heavy atom. The van der Waals surface area contributed by atoms with Gasteiger partial charge in [0, 0.05) is 21.8 Å². The predicted octanol–water partition coefficient (Wildman–Crippen LogP) is 12.7. The van der Waals surface area contributed by atoms with E-state index in [4.69, 9.17) is 4.42 Å². The van der Waals surface area contributed by atoms with Crippen molar-refractivity contribution >= 4 is 54.3 Å². The van der Waals surface area contributed by atoms with Gasteiger partial charge in [-0.1, -0.05) is 141 Å². The van der Waals surface area contributed by atoms with Gasteiger partial charge in [-0.15, -0.1) is 0 Å². The lowest BCUT2D eigenvalue weighted by Crippen LogP contribution is -2.15. The van der Waals surface area contributed by atoms with Gasteiger partial charge in [0.1, 0.15) is 11.2 Å². The Bertz CT molecular complexity index is 2660. The Morgan fingerprint density at radius 2 is 0.978 bits per heavy atom. The van der Waals surface area contributed by atoms with Crippen LogP contribution in [0, 0.1) is 0 Å². The maximum Gasteiger partial charge on any atom is 0.143 e. The number of fused-ring (bicyclic) bond motifs is 10. The molecular weight excluding hydrogens is 556 g/mol. The summed E-state index contributed by atoms with van der Waals surface area (Å²) in [6.07, 6.45) is 0. The largest absolute Gasteiger partial charge is 0.455 e. The SMILES string of the molecule is CC1(C)c2cc(-c3c4ccccc4c(-c4ccc5ccccc5c4)c4ccccc34)ccc2-c2c1ccc1c2oc2ccccc21. The molecule has 1 aromatic heterocycles. The highest BCUT2D eigenvalue weighted by Crippen LogP contribution is 2.54. The molecule has 1 aliphatic carbocycles. The van der Waals surface area contributed by atoms with Gasteiger partial charge in [0.2, 0.25) is 0 Å². The molecule has 0 unspecified atom stereocenters. The van der Waals surface area contributed by atoms with E-state index in [1.807, 2.05) is 0 Å². The van der Waals surface area contributed by atoms with Crippen LogP contribution < -0.4 is 0 Å². The molecule has 10 rings (SSSR count). The van der Waals surface area contributed by atoms with Gasteiger partial charge < -0.3 is 4.42 Å².